The quantitative estimate of drug-likeness (QED) is 0.727. The number of benzene rings is 2. The van der Waals surface area contributed by atoms with E-state index in [0.717, 1.165) is 62.1 Å². The summed E-state index contributed by atoms with van der Waals surface area (Å²) in [6.07, 6.45) is 3.99. The van der Waals surface area contributed by atoms with Gasteiger partial charge in [0, 0.05) is 17.8 Å². The summed E-state index contributed by atoms with van der Waals surface area (Å²) >= 11 is 0. The van der Waals surface area contributed by atoms with Crippen LogP contribution >= 0.6 is 0 Å². The Labute approximate surface area is 167 Å². The van der Waals surface area contributed by atoms with Gasteiger partial charge in [-0.3, -0.25) is 4.79 Å². The molecule has 0 aromatic heterocycles. The van der Waals surface area contributed by atoms with Crippen molar-refractivity contribution in [3.63, 3.8) is 0 Å². The molecule has 5 nitrogen and oxygen atoms in total. The van der Waals surface area contributed by atoms with Crippen molar-refractivity contribution in [2.45, 2.75) is 43.5 Å². The minimum Gasteiger partial charge on any atom is -0.322 e. The maximum absolute atomic E-state index is 14.2. The van der Waals surface area contributed by atoms with E-state index in [-0.39, 0.29) is 22.5 Å². The molecule has 2 aromatic carbocycles. The van der Waals surface area contributed by atoms with Gasteiger partial charge in [-0.2, -0.15) is 0 Å². The molecular formula is C20H21F3N2O3S. The van der Waals surface area contributed by atoms with Crippen LogP contribution in [0.5, 0.6) is 0 Å². The molecule has 1 amide bonds. The zero-order chi connectivity index (χ0) is 21.2. The van der Waals surface area contributed by atoms with Gasteiger partial charge in [0.2, 0.25) is 10.0 Å². The van der Waals surface area contributed by atoms with E-state index in [1.165, 1.54) is 0 Å². The first-order valence-corrected chi connectivity index (χ1v) is 10.7. The molecule has 0 bridgehead atoms. The van der Waals surface area contributed by atoms with Crippen LogP contribution in [0, 0.1) is 23.4 Å². The molecule has 1 fully saturated rings. The standard InChI is InChI=1S/C20H21F3N2O3S/c1-12(13-4-2-3-5-13)25-29(27,28)15-7-9-17(21)16(11-15)20(26)24-14-6-8-18(22)19(23)10-14/h6-13,25H,2-5H2,1H3,(H,24,26)/t12-/m1/s1. The topological polar surface area (TPSA) is 75.3 Å². The number of hydrogen-bond donors (Lipinski definition) is 2. The van der Waals surface area contributed by atoms with Crippen LogP contribution in [0.15, 0.2) is 41.3 Å². The molecule has 29 heavy (non-hydrogen) atoms. The summed E-state index contributed by atoms with van der Waals surface area (Å²) in [6, 6.07) is 5.27. The fourth-order valence-corrected chi connectivity index (χ4v) is 4.82. The van der Waals surface area contributed by atoms with Crippen LogP contribution < -0.4 is 10.0 Å². The summed E-state index contributed by atoms with van der Waals surface area (Å²) in [5.74, 6) is -3.95. The smallest absolute Gasteiger partial charge is 0.258 e. The van der Waals surface area contributed by atoms with Crippen molar-refractivity contribution in [2.24, 2.45) is 5.92 Å². The van der Waals surface area contributed by atoms with E-state index in [1.54, 1.807) is 6.92 Å². The summed E-state index contributed by atoms with van der Waals surface area (Å²) < 4.78 is 68.4. The number of hydrogen-bond acceptors (Lipinski definition) is 3. The molecule has 1 saturated carbocycles. The molecule has 0 radical (unpaired) electrons. The third-order valence-electron chi connectivity index (χ3n) is 5.12. The average Bonchev–Trinajstić information content (AvgIpc) is 3.19. The summed E-state index contributed by atoms with van der Waals surface area (Å²) in [6.45, 7) is 1.79. The molecule has 0 unspecified atom stereocenters. The van der Waals surface area contributed by atoms with Crippen LogP contribution in [-0.4, -0.2) is 20.4 Å². The molecule has 0 spiro atoms. The fraction of sp³-hybridized carbons (Fsp3) is 0.350. The van der Waals surface area contributed by atoms with Gasteiger partial charge in [-0.25, -0.2) is 26.3 Å². The van der Waals surface area contributed by atoms with E-state index in [0.29, 0.717) is 0 Å². The second kappa shape index (κ2) is 8.54. The molecule has 1 atom stereocenters. The average molecular weight is 426 g/mol. The van der Waals surface area contributed by atoms with Gasteiger partial charge >= 0.3 is 0 Å². The predicted molar refractivity (Wildman–Crippen MR) is 102 cm³/mol. The van der Waals surface area contributed by atoms with E-state index in [2.05, 4.69) is 10.0 Å². The lowest BCUT2D eigenvalue weighted by atomic mass is 10.0. The van der Waals surface area contributed by atoms with Gasteiger partial charge in [0.05, 0.1) is 10.5 Å². The number of amides is 1. The lowest BCUT2D eigenvalue weighted by Gasteiger charge is -2.20. The SMILES string of the molecule is C[C@@H](NS(=O)(=O)c1ccc(F)c(C(=O)Nc2ccc(F)c(F)c2)c1)C1CCCC1. The van der Waals surface area contributed by atoms with Gasteiger partial charge in [-0.1, -0.05) is 12.8 Å². The maximum atomic E-state index is 14.2. The molecule has 3 rings (SSSR count). The lowest BCUT2D eigenvalue weighted by molar-refractivity contribution is 0.102. The van der Waals surface area contributed by atoms with E-state index < -0.39 is 38.9 Å². The molecule has 156 valence electrons. The highest BCUT2D eigenvalue weighted by atomic mass is 32.2. The Morgan fingerprint density at radius 3 is 2.31 bits per heavy atom. The molecular weight excluding hydrogens is 405 g/mol. The fourth-order valence-electron chi connectivity index (χ4n) is 3.48. The van der Waals surface area contributed by atoms with Gasteiger partial charge < -0.3 is 5.32 Å². The minimum absolute atomic E-state index is 0.0884. The van der Waals surface area contributed by atoms with Gasteiger partial charge in [-0.05, 0) is 56.0 Å². The van der Waals surface area contributed by atoms with E-state index in [4.69, 9.17) is 0 Å². The maximum Gasteiger partial charge on any atom is 0.258 e. The summed E-state index contributed by atoms with van der Waals surface area (Å²) in [5, 5.41) is 2.23. The van der Waals surface area contributed by atoms with Crippen molar-refractivity contribution in [3.8, 4) is 0 Å². The van der Waals surface area contributed by atoms with Crippen molar-refractivity contribution in [1.29, 1.82) is 0 Å². The first kappa shape index (κ1) is 21.3. The molecule has 0 aliphatic heterocycles. The molecule has 0 saturated heterocycles. The van der Waals surface area contributed by atoms with Gasteiger partial charge in [0.15, 0.2) is 11.6 Å². The second-order valence-corrected chi connectivity index (χ2v) is 8.89. The minimum atomic E-state index is -3.96. The van der Waals surface area contributed by atoms with Crippen LogP contribution in [0.25, 0.3) is 0 Å². The molecule has 2 N–H and O–H groups in total. The Bertz CT molecular complexity index is 1020. The number of rotatable bonds is 6. The monoisotopic (exact) mass is 426 g/mol. The largest absolute Gasteiger partial charge is 0.322 e. The zero-order valence-corrected chi connectivity index (χ0v) is 16.5. The highest BCUT2D eigenvalue weighted by molar-refractivity contribution is 7.89. The van der Waals surface area contributed by atoms with Crippen LogP contribution in [0.4, 0.5) is 18.9 Å². The Morgan fingerprint density at radius 2 is 1.66 bits per heavy atom. The van der Waals surface area contributed by atoms with Crippen molar-refractivity contribution < 1.29 is 26.4 Å². The molecule has 1 aliphatic rings. The number of anilines is 1. The predicted octanol–water partition coefficient (Wildman–Crippen LogP) is 4.21. The first-order valence-electron chi connectivity index (χ1n) is 9.25. The number of sulfonamides is 1. The number of halogens is 3. The van der Waals surface area contributed by atoms with Gasteiger partial charge in [0.1, 0.15) is 5.82 Å². The van der Waals surface area contributed by atoms with Crippen LogP contribution in [0.1, 0.15) is 43.0 Å². The van der Waals surface area contributed by atoms with Crippen molar-refractivity contribution >= 4 is 21.6 Å². The molecule has 1 aliphatic carbocycles. The first-order chi connectivity index (χ1) is 13.7. The van der Waals surface area contributed by atoms with Crippen LogP contribution in [-0.2, 0) is 10.0 Å². The third kappa shape index (κ3) is 4.97. The number of carbonyl (C=O) groups is 1. The zero-order valence-electron chi connectivity index (χ0n) is 15.7. The second-order valence-electron chi connectivity index (χ2n) is 7.18. The van der Waals surface area contributed by atoms with E-state index in [9.17, 15) is 26.4 Å². The van der Waals surface area contributed by atoms with Crippen LogP contribution in [0.3, 0.4) is 0 Å². The van der Waals surface area contributed by atoms with Crippen molar-refractivity contribution in [3.05, 3.63) is 59.4 Å². The Balaban J connectivity index is 1.81. The normalized spacial score (nSPS) is 16.0. The summed E-state index contributed by atoms with van der Waals surface area (Å²) in [4.78, 5) is 12.1. The van der Waals surface area contributed by atoms with Crippen molar-refractivity contribution in [1.82, 2.24) is 4.72 Å². The Morgan fingerprint density at radius 1 is 1.00 bits per heavy atom. The van der Waals surface area contributed by atoms with Crippen LogP contribution in [0.2, 0.25) is 0 Å². The molecule has 9 heteroatoms. The van der Waals surface area contributed by atoms with Gasteiger partial charge in [0.25, 0.3) is 5.91 Å². The van der Waals surface area contributed by atoms with Crippen molar-refractivity contribution in [2.75, 3.05) is 5.32 Å². The lowest BCUT2D eigenvalue weighted by Crippen LogP contribution is -2.37. The third-order valence-corrected chi connectivity index (χ3v) is 6.67. The number of nitrogens with one attached hydrogen (secondary N) is 2. The summed E-state index contributed by atoms with van der Waals surface area (Å²) in [7, 11) is -3.96. The Kier molecular flexibility index (Phi) is 6.28. The summed E-state index contributed by atoms with van der Waals surface area (Å²) in [5.41, 5.74) is -0.610. The number of carbonyl (C=O) groups excluding carboxylic acids is 1. The highest BCUT2D eigenvalue weighted by Gasteiger charge is 2.27. The van der Waals surface area contributed by atoms with E-state index in [1.807, 2.05) is 0 Å². The Hall–Kier alpha value is -2.39. The molecule has 0 heterocycles. The van der Waals surface area contributed by atoms with E-state index >= 15 is 0 Å². The van der Waals surface area contributed by atoms with Gasteiger partial charge in [-0.15, -0.1) is 0 Å². The molecule has 2 aromatic rings. The highest BCUT2D eigenvalue weighted by Crippen LogP contribution is 2.28.